The van der Waals surface area contributed by atoms with E-state index in [1.807, 2.05) is 13.0 Å². The molecule has 1 amide bonds. The standard InChI is InChI=1S/C13H16N4O4S2/c1-3-21-11-7-5-4-6-10(11)8-14-23(19,20)13-17-16-12(22-13)15-9(2)18/h4-7,14H,3,8H2,1-2H3,(H,15,16,18). The van der Waals surface area contributed by atoms with Crippen molar-refractivity contribution in [2.45, 2.75) is 24.7 Å². The van der Waals surface area contributed by atoms with Gasteiger partial charge in [0.15, 0.2) is 0 Å². The predicted molar refractivity (Wildman–Crippen MR) is 85.8 cm³/mol. The number of benzene rings is 1. The molecule has 0 saturated heterocycles. The lowest BCUT2D eigenvalue weighted by atomic mass is 10.2. The van der Waals surface area contributed by atoms with Crippen LogP contribution in [0.25, 0.3) is 0 Å². The fraction of sp³-hybridized carbons (Fsp3) is 0.308. The Bertz CT molecular complexity index is 789. The molecule has 0 spiro atoms. The van der Waals surface area contributed by atoms with Crippen LogP contribution in [0.5, 0.6) is 5.75 Å². The summed E-state index contributed by atoms with van der Waals surface area (Å²) in [4.78, 5) is 10.9. The molecular formula is C13H16N4O4S2. The number of hydrogen-bond acceptors (Lipinski definition) is 7. The average Bonchev–Trinajstić information content (AvgIpc) is 2.95. The molecule has 10 heteroatoms. The van der Waals surface area contributed by atoms with E-state index in [9.17, 15) is 13.2 Å². The fourth-order valence-electron chi connectivity index (χ4n) is 1.70. The topological polar surface area (TPSA) is 110 Å². The van der Waals surface area contributed by atoms with E-state index in [0.29, 0.717) is 17.9 Å². The summed E-state index contributed by atoms with van der Waals surface area (Å²) in [5.41, 5.74) is 0.713. The molecule has 0 atom stereocenters. The largest absolute Gasteiger partial charge is 0.494 e. The Morgan fingerprint density at radius 1 is 1.30 bits per heavy atom. The highest BCUT2D eigenvalue weighted by Gasteiger charge is 2.20. The Labute approximate surface area is 137 Å². The molecule has 0 unspecified atom stereocenters. The van der Waals surface area contributed by atoms with E-state index in [1.54, 1.807) is 18.2 Å². The number of nitrogens with zero attached hydrogens (tertiary/aromatic N) is 2. The number of aromatic nitrogens is 2. The highest BCUT2D eigenvalue weighted by molar-refractivity contribution is 7.91. The number of carbonyl (C=O) groups excluding carboxylic acids is 1. The minimum Gasteiger partial charge on any atom is -0.494 e. The summed E-state index contributed by atoms with van der Waals surface area (Å²) in [7, 11) is -3.82. The van der Waals surface area contributed by atoms with Crippen molar-refractivity contribution in [2.24, 2.45) is 0 Å². The minimum absolute atomic E-state index is 0.0631. The lowest BCUT2D eigenvalue weighted by molar-refractivity contribution is -0.114. The van der Waals surface area contributed by atoms with E-state index < -0.39 is 10.0 Å². The molecule has 0 aliphatic rings. The number of rotatable bonds is 7. The van der Waals surface area contributed by atoms with Crippen molar-refractivity contribution in [1.29, 1.82) is 0 Å². The number of hydrogen-bond donors (Lipinski definition) is 2. The molecule has 0 aliphatic carbocycles. The summed E-state index contributed by atoms with van der Waals surface area (Å²) in [5, 5.41) is 9.72. The van der Waals surface area contributed by atoms with Gasteiger partial charge in [-0.15, -0.1) is 10.2 Å². The van der Waals surface area contributed by atoms with Crippen LogP contribution in [0.15, 0.2) is 28.6 Å². The summed E-state index contributed by atoms with van der Waals surface area (Å²) in [6.45, 7) is 3.71. The fourth-order valence-corrected chi connectivity index (χ4v) is 3.69. The Morgan fingerprint density at radius 3 is 2.74 bits per heavy atom. The summed E-state index contributed by atoms with van der Waals surface area (Å²) < 4.78 is 32.1. The molecule has 8 nitrogen and oxygen atoms in total. The number of sulfonamides is 1. The number of ether oxygens (including phenoxy) is 1. The maximum absolute atomic E-state index is 12.2. The van der Waals surface area contributed by atoms with Crippen LogP contribution in [0.3, 0.4) is 0 Å². The highest BCUT2D eigenvalue weighted by atomic mass is 32.2. The number of nitrogens with one attached hydrogen (secondary N) is 2. The maximum atomic E-state index is 12.2. The van der Waals surface area contributed by atoms with E-state index in [-0.39, 0.29) is 21.9 Å². The molecular weight excluding hydrogens is 340 g/mol. The van der Waals surface area contributed by atoms with Crippen molar-refractivity contribution >= 4 is 32.4 Å². The molecule has 2 aromatic rings. The van der Waals surface area contributed by atoms with Crippen molar-refractivity contribution in [2.75, 3.05) is 11.9 Å². The lowest BCUT2D eigenvalue weighted by Crippen LogP contribution is -2.23. The second-order valence-corrected chi connectivity index (χ2v) is 7.34. The van der Waals surface area contributed by atoms with Gasteiger partial charge in [0.1, 0.15) is 5.75 Å². The molecule has 2 rings (SSSR count). The normalized spacial score (nSPS) is 11.2. The Balaban J connectivity index is 2.10. The molecule has 2 N–H and O–H groups in total. The van der Waals surface area contributed by atoms with Crippen LogP contribution in [0, 0.1) is 0 Å². The molecule has 1 heterocycles. The van der Waals surface area contributed by atoms with Crippen molar-refractivity contribution in [3.05, 3.63) is 29.8 Å². The van der Waals surface area contributed by atoms with E-state index in [0.717, 1.165) is 11.3 Å². The van der Waals surface area contributed by atoms with Gasteiger partial charge in [-0.05, 0) is 13.0 Å². The molecule has 0 saturated carbocycles. The zero-order valence-corrected chi connectivity index (χ0v) is 14.2. The molecule has 1 aromatic heterocycles. The lowest BCUT2D eigenvalue weighted by Gasteiger charge is -2.10. The highest BCUT2D eigenvalue weighted by Crippen LogP contribution is 2.21. The number of amides is 1. The monoisotopic (exact) mass is 356 g/mol. The van der Waals surface area contributed by atoms with Gasteiger partial charge in [0.2, 0.25) is 15.4 Å². The van der Waals surface area contributed by atoms with E-state index in [4.69, 9.17) is 4.74 Å². The van der Waals surface area contributed by atoms with Gasteiger partial charge >= 0.3 is 0 Å². The van der Waals surface area contributed by atoms with Crippen LogP contribution in [0.2, 0.25) is 0 Å². The molecule has 0 fully saturated rings. The van der Waals surface area contributed by atoms with Crippen LogP contribution in [-0.4, -0.2) is 31.1 Å². The second-order valence-electron chi connectivity index (χ2n) is 4.42. The molecule has 124 valence electrons. The third-order valence-electron chi connectivity index (χ3n) is 2.64. The third-order valence-corrected chi connectivity index (χ3v) is 5.25. The van der Waals surface area contributed by atoms with Gasteiger partial charge in [0.25, 0.3) is 10.0 Å². The Morgan fingerprint density at radius 2 is 2.04 bits per heavy atom. The molecule has 0 radical (unpaired) electrons. The van der Waals surface area contributed by atoms with E-state index in [2.05, 4.69) is 20.2 Å². The van der Waals surface area contributed by atoms with Gasteiger partial charge in [-0.1, -0.05) is 29.5 Å². The number of anilines is 1. The quantitative estimate of drug-likeness (QED) is 0.725. The molecule has 23 heavy (non-hydrogen) atoms. The maximum Gasteiger partial charge on any atom is 0.270 e. The van der Waals surface area contributed by atoms with E-state index in [1.165, 1.54) is 6.92 Å². The molecule has 1 aromatic carbocycles. The van der Waals surface area contributed by atoms with Crippen LogP contribution in [0.4, 0.5) is 5.13 Å². The van der Waals surface area contributed by atoms with Crippen LogP contribution in [-0.2, 0) is 21.4 Å². The first-order chi connectivity index (χ1) is 10.9. The first-order valence-electron chi connectivity index (χ1n) is 6.74. The van der Waals surface area contributed by atoms with Gasteiger partial charge in [0.05, 0.1) is 6.61 Å². The average molecular weight is 356 g/mol. The van der Waals surface area contributed by atoms with Crippen LogP contribution in [0.1, 0.15) is 19.4 Å². The summed E-state index contributed by atoms with van der Waals surface area (Å²) in [6.07, 6.45) is 0. The second kappa shape index (κ2) is 7.49. The van der Waals surface area contributed by atoms with Crippen molar-refractivity contribution in [3.63, 3.8) is 0 Å². The van der Waals surface area contributed by atoms with Gasteiger partial charge in [-0.2, -0.15) is 0 Å². The Hall–Kier alpha value is -2.04. The van der Waals surface area contributed by atoms with Crippen LogP contribution >= 0.6 is 11.3 Å². The predicted octanol–water partition coefficient (Wildman–Crippen LogP) is 1.37. The van der Waals surface area contributed by atoms with Crippen molar-refractivity contribution < 1.29 is 17.9 Å². The Kier molecular flexibility index (Phi) is 5.64. The zero-order valence-electron chi connectivity index (χ0n) is 12.6. The first kappa shape index (κ1) is 17.3. The zero-order chi connectivity index (χ0) is 16.9. The summed E-state index contributed by atoms with van der Waals surface area (Å²) in [5.74, 6) is 0.276. The minimum atomic E-state index is -3.82. The van der Waals surface area contributed by atoms with Gasteiger partial charge < -0.3 is 10.1 Å². The molecule has 0 aliphatic heterocycles. The summed E-state index contributed by atoms with van der Waals surface area (Å²) >= 11 is 0.782. The summed E-state index contributed by atoms with van der Waals surface area (Å²) in [6, 6.07) is 7.16. The van der Waals surface area contributed by atoms with Crippen molar-refractivity contribution in [3.8, 4) is 5.75 Å². The number of carbonyl (C=O) groups is 1. The van der Waals surface area contributed by atoms with E-state index >= 15 is 0 Å². The third kappa shape index (κ3) is 4.71. The number of para-hydroxylation sites is 1. The first-order valence-corrected chi connectivity index (χ1v) is 9.04. The smallest absolute Gasteiger partial charge is 0.270 e. The van der Waals surface area contributed by atoms with Gasteiger partial charge in [-0.25, -0.2) is 13.1 Å². The van der Waals surface area contributed by atoms with Crippen molar-refractivity contribution in [1.82, 2.24) is 14.9 Å². The molecule has 0 bridgehead atoms. The van der Waals surface area contributed by atoms with Crippen LogP contribution < -0.4 is 14.8 Å². The SMILES string of the molecule is CCOc1ccccc1CNS(=O)(=O)c1nnc(NC(C)=O)s1. The van der Waals surface area contributed by atoms with Gasteiger partial charge in [0, 0.05) is 19.0 Å². The van der Waals surface area contributed by atoms with Gasteiger partial charge in [-0.3, -0.25) is 4.79 Å².